The van der Waals surface area contributed by atoms with E-state index in [0.29, 0.717) is 11.4 Å². The van der Waals surface area contributed by atoms with Gasteiger partial charge in [-0.1, -0.05) is 30.3 Å². The van der Waals surface area contributed by atoms with Crippen molar-refractivity contribution < 1.29 is 4.74 Å². The third-order valence-electron chi connectivity index (χ3n) is 3.09. The van der Waals surface area contributed by atoms with Crippen molar-refractivity contribution in [2.75, 3.05) is 18.9 Å². The van der Waals surface area contributed by atoms with Gasteiger partial charge in [0.05, 0.1) is 6.10 Å². The third-order valence-corrected chi connectivity index (χ3v) is 4.58. The van der Waals surface area contributed by atoms with Crippen LogP contribution in [0.4, 0.5) is 0 Å². The van der Waals surface area contributed by atoms with Gasteiger partial charge in [-0.25, -0.2) is 0 Å². The maximum absolute atomic E-state index is 5.55. The van der Waals surface area contributed by atoms with E-state index in [1.165, 1.54) is 17.7 Å². The molecule has 0 amide bonds. The lowest BCUT2D eigenvalue weighted by molar-refractivity contribution is 0.127. The molecular weight excluding hydrogens is 230 g/mol. The molecule has 17 heavy (non-hydrogen) atoms. The molecule has 1 aliphatic heterocycles. The predicted octanol–water partition coefficient (Wildman–Crippen LogP) is 2.69. The summed E-state index contributed by atoms with van der Waals surface area (Å²) >= 11 is 2.04. The molecule has 1 heterocycles. The van der Waals surface area contributed by atoms with Crippen molar-refractivity contribution in [1.29, 1.82) is 0 Å². The molecule has 2 unspecified atom stereocenters. The third kappa shape index (κ3) is 4.34. The summed E-state index contributed by atoms with van der Waals surface area (Å²) < 4.78 is 5.55. The van der Waals surface area contributed by atoms with Crippen LogP contribution < -0.4 is 5.32 Å². The largest absolute Gasteiger partial charge is 0.377 e. The molecule has 94 valence electrons. The van der Waals surface area contributed by atoms with E-state index < -0.39 is 0 Å². The molecule has 0 spiro atoms. The highest BCUT2D eigenvalue weighted by molar-refractivity contribution is 8.00. The molecule has 2 atom stereocenters. The first kappa shape index (κ1) is 12.9. The molecular formula is C14H21NOS. The van der Waals surface area contributed by atoms with E-state index >= 15 is 0 Å². The average Bonchev–Trinajstić information content (AvgIpc) is 2.76. The topological polar surface area (TPSA) is 21.3 Å². The van der Waals surface area contributed by atoms with Gasteiger partial charge >= 0.3 is 0 Å². The average molecular weight is 251 g/mol. The first-order chi connectivity index (χ1) is 8.36. The molecule has 1 aromatic carbocycles. The second kappa shape index (κ2) is 7.04. The maximum Gasteiger partial charge on any atom is 0.0666 e. The van der Waals surface area contributed by atoms with Crippen LogP contribution in [0.25, 0.3) is 0 Å². The highest BCUT2D eigenvalue weighted by Gasteiger charge is 2.23. The van der Waals surface area contributed by atoms with Crippen molar-refractivity contribution in [3.05, 3.63) is 35.9 Å². The lowest BCUT2D eigenvalue weighted by atomic mass is 10.2. The summed E-state index contributed by atoms with van der Waals surface area (Å²) in [7, 11) is 0. The van der Waals surface area contributed by atoms with Crippen LogP contribution in [0.1, 0.15) is 18.9 Å². The Balaban J connectivity index is 1.55. The predicted molar refractivity (Wildman–Crippen MR) is 74.4 cm³/mol. The molecule has 0 radical (unpaired) electrons. The van der Waals surface area contributed by atoms with Gasteiger partial charge in [-0.3, -0.25) is 0 Å². The number of nitrogens with one attached hydrogen (secondary N) is 1. The van der Waals surface area contributed by atoms with Gasteiger partial charge in [-0.15, -0.1) is 0 Å². The van der Waals surface area contributed by atoms with E-state index in [1.807, 2.05) is 11.8 Å². The minimum Gasteiger partial charge on any atom is -0.377 e. The zero-order valence-corrected chi connectivity index (χ0v) is 11.2. The lowest BCUT2D eigenvalue weighted by Crippen LogP contribution is -2.20. The number of hydrogen-bond donors (Lipinski definition) is 1. The maximum atomic E-state index is 5.55. The number of ether oxygens (including phenoxy) is 1. The molecule has 0 bridgehead atoms. The van der Waals surface area contributed by atoms with Gasteiger partial charge < -0.3 is 10.1 Å². The molecule has 0 aliphatic carbocycles. The van der Waals surface area contributed by atoms with Gasteiger partial charge in [-0.05, 0) is 18.9 Å². The minimum absolute atomic E-state index is 0.439. The van der Waals surface area contributed by atoms with Crippen LogP contribution in [0, 0.1) is 0 Å². The standard InChI is InChI=1S/C14H21NOS/c1-12-14(7-9-16-12)17-10-8-15-11-13-5-3-2-4-6-13/h2-6,12,14-15H,7-11H2,1H3. The highest BCUT2D eigenvalue weighted by atomic mass is 32.2. The van der Waals surface area contributed by atoms with E-state index in [9.17, 15) is 0 Å². The summed E-state index contributed by atoms with van der Waals surface area (Å²) in [6.07, 6.45) is 1.65. The van der Waals surface area contributed by atoms with Crippen LogP contribution in [-0.4, -0.2) is 30.3 Å². The number of rotatable bonds is 6. The Morgan fingerprint density at radius 1 is 1.35 bits per heavy atom. The number of benzene rings is 1. The lowest BCUT2D eigenvalue weighted by Gasteiger charge is -2.13. The van der Waals surface area contributed by atoms with Crippen LogP contribution in [-0.2, 0) is 11.3 Å². The summed E-state index contributed by atoms with van der Waals surface area (Å²) in [5, 5.41) is 4.18. The van der Waals surface area contributed by atoms with Crippen LogP contribution in [0.5, 0.6) is 0 Å². The zero-order valence-electron chi connectivity index (χ0n) is 10.4. The molecule has 0 aromatic heterocycles. The quantitative estimate of drug-likeness (QED) is 0.786. The Labute approximate surface area is 108 Å². The van der Waals surface area contributed by atoms with E-state index in [4.69, 9.17) is 4.74 Å². The summed E-state index contributed by atoms with van der Waals surface area (Å²) in [5.41, 5.74) is 1.36. The Bertz CT molecular complexity index is 317. The van der Waals surface area contributed by atoms with E-state index in [0.717, 1.165) is 19.7 Å². The van der Waals surface area contributed by atoms with Crippen molar-refractivity contribution in [1.82, 2.24) is 5.32 Å². The molecule has 1 aromatic rings. The molecule has 1 saturated heterocycles. The summed E-state index contributed by atoms with van der Waals surface area (Å²) in [6.45, 7) is 5.17. The SMILES string of the molecule is CC1OCCC1SCCNCc1ccccc1. The fourth-order valence-electron chi connectivity index (χ4n) is 2.04. The molecule has 1 N–H and O–H groups in total. The minimum atomic E-state index is 0.439. The van der Waals surface area contributed by atoms with Crippen molar-refractivity contribution in [3.63, 3.8) is 0 Å². The first-order valence-electron chi connectivity index (χ1n) is 6.34. The second-order valence-electron chi connectivity index (χ2n) is 4.44. The monoisotopic (exact) mass is 251 g/mol. The summed E-state index contributed by atoms with van der Waals surface area (Å²) in [4.78, 5) is 0. The highest BCUT2D eigenvalue weighted by Crippen LogP contribution is 2.25. The van der Waals surface area contributed by atoms with Gasteiger partial charge in [0, 0.05) is 30.7 Å². The molecule has 0 saturated carbocycles. The Hall–Kier alpha value is -0.510. The molecule has 3 heteroatoms. The summed E-state index contributed by atoms with van der Waals surface area (Å²) in [5.74, 6) is 1.17. The Kier molecular flexibility index (Phi) is 5.36. The van der Waals surface area contributed by atoms with Gasteiger partial charge in [0.15, 0.2) is 0 Å². The fourth-order valence-corrected chi connectivity index (χ4v) is 3.22. The summed E-state index contributed by atoms with van der Waals surface area (Å²) in [6, 6.07) is 10.5. The van der Waals surface area contributed by atoms with Gasteiger partial charge in [0.25, 0.3) is 0 Å². The van der Waals surface area contributed by atoms with Gasteiger partial charge in [-0.2, -0.15) is 11.8 Å². The van der Waals surface area contributed by atoms with Crippen molar-refractivity contribution in [2.24, 2.45) is 0 Å². The van der Waals surface area contributed by atoms with E-state index in [2.05, 4.69) is 42.6 Å². The normalized spacial score (nSPS) is 24.1. The van der Waals surface area contributed by atoms with E-state index in [-0.39, 0.29) is 0 Å². The Morgan fingerprint density at radius 2 is 2.18 bits per heavy atom. The van der Waals surface area contributed by atoms with Crippen molar-refractivity contribution >= 4 is 11.8 Å². The van der Waals surface area contributed by atoms with Crippen LogP contribution in [0.3, 0.4) is 0 Å². The smallest absolute Gasteiger partial charge is 0.0666 e. The molecule has 2 rings (SSSR count). The van der Waals surface area contributed by atoms with E-state index in [1.54, 1.807) is 0 Å². The molecule has 1 fully saturated rings. The Morgan fingerprint density at radius 3 is 2.88 bits per heavy atom. The van der Waals surface area contributed by atoms with Crippen LogP contribution in [0.2, 0.25) is 0 Å². The number of hydrogen-bond acceptors (Lipinski definition) is 3. The van der Waals surface area contributed by atoms with Gasteiger partial charge in [0.2, 0.25) is 0 Å². The van der Waals surface area contributed by atoms with Crippen LogP contribution >= 0.6 is 11.8 Å². The molecule has 1 aliphatic rings. The number of thioether (sulfide) groups is 1. The van der Waals surface area contributed by atoms with Crippen molar-refractivity contribution in [3.8, 4) is 0 Å². The fraction of sp³-hybridized carbons (Fsp3) is 0.571. The molecule has 2 nitrogen and oxygen atoms in total. The first-order valence-corrected chi connectivity index (χ1v) is 7.39. The second-order valence-corrected chi connectivity index (χ2v) is 5.78. The van der Waals surface area contributed by atoms with Crippen LogP contribution in [0.15, 0.2) is 30.3 Å². The zero-order chi connectivity index (χ0) is 11.9. The van der Waals surface area contributed by atoms with Crippen molar-refractivity contribution in [2.45, 2.75) is 31.2 Å². The van der Waals surface area contributed by atoms with Gasteiger partial charge in [0.1, 0.15) is 0 Å².